The number of carbonyl (C=O) groups excluding carboxylic acids is 1. The van der Waals surface area contributed by atoms with Crippen LogP contribution in [0.2, 0.25) is 0 Å². The molecule has 23 heavy (non-hydrogen) atoms. The van der Waals surface area contributed by atoms with Gasteiger partial charge < -0.3 is 19.5 Å². The summed E-state index contributed by atoms with van der Waals surface area (Å²) in [5.74, 6) is 0.148. The number of hydrogen-bond acceptors (Lipinski definition) is 4. The number of likely N-dealkylation sites (tertiary alicyclic amines) is 1. The number of aliphatic carboxylic acids is 1. The van der Waals surface area contributed by atoms with Crippen molar-refractivity contribution in [2.45, 2.75) is 19.3 Å². The molecule has 1 fully saturated rings. The number of nitrogens with zero attached hydrogens (tertiary/aromatic N) is 1. The van der Waals surface area contributed by atoms with Crippen LogP contribution < -0.4 is 4.74 Å². The highest BCUT2D eigenvalue weighted by Gasteiger charge is 2.24. The van der Waals surface area contributed by atoms with Crippen molar-refractivity contribution in [1.29, 1.82) is 0 Å². The Morgan fingerprint density at radius 2 is 1.83 bits per heavy atom. The van der Waals surface area contributed by atoms with E-state index in [4.69, 9.17) is 14.6 Å². The van der Waals surface area contributed by atoms with E-state index in [0.717, 1.165) is 18.6 Å². The van der Waals surface area contributed by atoms with E-state index < -0.39 is 5.97 Å². The topological polar surface area (TPSA) is 76.1 Å². The van der Waals surface area contributed by atoms with Gasteiger partial charge in [-0.05, 0) is 30.9 Å². The lowest BCUT2D eigenvalue weighted by molar-refractivity contribution is -0.139. The minimum Gasteiger partial charge on any atom is -0.491 e. The van der Waals surface area contributed by atoms with E-state index in [1.165, 1.54) is 0 Å². The predicted molar refractivity (Wildman–Crippen MR) is 84.3 cm³/mol. The molecule has 1 aliphatic heterocycles. The van der Waals surface area contributed by atoms with Gasteiger partial charge in [0, 0.05) is 19.5 Å². The zero-order valence-electron chi connectivity index (χ0n) is 13.1. The summed E-state index contributed by atoms with van der Waals surface area (Å²) in [6.45, 7) is 2.02. The van der Waals surface area contributed by atoms with Crippen molar-refractivity contribution in [2.75, 3.05) is 32.9 Å². The first kappa shape index (κ1) is 17.3. The minimum atomic E-state index is -0.767. The minimum absolute atomic E-state index is 0.0431. The van der Waals surface area contributed by atoms with Crippen LogP contribution in [-0.2, 0) is 14.3 Å². The molecular weight excluding hydrogens is 298 g/mol. The molecule has 0 aromatic heterocycles. The van der Waals surface area contributed by atoms with Gasteiger partial charge in [-0.1, -0.05) is 18.2 Å². The van der Waals surface area contributed by atoms with Crippen LogP contribution in [0.4, 0.5) is 0 Å². The van der Waals surface area contributed by atoms with Crippen LogP contribution in [0.5, 0.6) is 5.75 Å². The summed E-state index contributed by atoms with van der Waals surface area (Å²) < 4.78 is 10.8. The van der Waals surface area contributed by atoms with Crippen LogP contribution in [0.15, 0.2) is 30.3 Å². The van der Waals surface area contributed by atoms with E-state index in [9.17, 15) is 9.59 Å². The average Bonchev–Trinajstić information content (AvgIpc) is 2.55. The largest absolute Gasteiger partial charge is 0.491 e. The number of carbonyl (C=O) groups is 2. The van der Waals surface area contributed by atoms with Crippen molar-refractivity contribution in [2.24, 2.45) is 5.92 Å². The lowest BCUT2D eigenvalue weighted by Crippen LogP contribution is -2.40. The first-order chi connectivity index (χ1) is 11.1. The van der Waals surface area contributed by atoms with Gasteiger partial charge in [0.15, 0.2) is 0 Å². The molecule has 1 N–H and O–H groups in total. The van der Waals surface area contributed by atoms with Crippen LogP contribution >= 0.6 is 0 Å². The Morgan fingerprint density at radius 3 is 2.48 bits per heavy atom. The molecule has 6 heteroatoms. The van der Waals surface area contributed by atoms with E-state index in [1.807, 2.05) is 30.3 Å². The molecule has 0 aliphatic carbocycles. The Hall–Kier alpha value is -2.08. The molecule has 2 rings (SSSR count). The van der Waals surface area contributed by atoms with Gasteiger partial charge in [0.25, 0.3) is 0 Å². The summed E-state index contributed by atoms with van der Waals surface area (Å²) in [4.78, 5) is 24.4. The second kappa shape index (κ2) is 9.15. The molecule has 0 saturated carbocycles. The van der Waals surface area contributed by atoms with E-state index in [1.54, 1.807) is 4.90 Å². The molecule has 1 heterocycles. The molecule has 0 atom stereocenters. The van der Waals surface area contributed by atoms with Crippen LogP contribution in [0.1, 0.15) is 19.3 Å². The highest BCUT2D eigenvalue weighted by molar-refractivity contribution is 5.77. The maximum Gasteiger partial charge on any atom is 0.303 e. The number of amides is 1. The fourth-order valence-corrected chi connectivity index (χ4v) is 2.62. The summed E-state index contributed by atoms with van der Waals surface area (Å²) in [6.07, 6.45) is 1.68. The first-order valence-corrected chi connectivity index (χ1v) is 7.90. The third-order valence-electron chi connectivity index (χ3n) is 3.90. The fourth-order valence-electron chi connectivity index (χ4n) is 2.62. The molecule has 6 nitrogen and oxygen atoms in total. The Bertz CT molecular complexity index is 497. The lowest BCUT2D eigenvalue weighted by Gasteiger charge is -2.31. The van der Waals surface area contributed by atoms with Crippen molar-refractivity contribution in [1.82, 2.24) is 4.90 Å². The average molecular weight is 321 g/mol. The number of piperidine rings is 1. The number of ether oxygens (including phenoxy) is 2. The van der Waals surface area contributed by atoms with Gasteiger partial charge in [-0.2, -0.15) is 0 Å². The fraction of sp³-hybridized carbons (Fsp3) is 0.529. The lowest BCUT2D eigenvalue weighted by atomic mass is 9.94. The molecule has 1 amide bonds. The van der Waals surface area contributed by atoms with E-state index >= 15 is 0 Å². The highest BCUT2D eigenvalue weighted by Crippen LogP contribution is 2.20. The van der Waals surface area contributed by atoms with Crippen molar-refractivity contribution < 1.29 is 24.2 Å². The van der Waals surface area contributed by atoms with Crippen LogP contribution in [-0.4, -0.2) is 54.8 Å². The van der Waals surface area contributed by atoms with E-state index in [-0.39, 0.29) is 24.9 Å². The number of carboxylic acid groups (broad SMARTS) is 1. The molecule has 0 spiro atoms. The monoisotopic (exact) mass is 321 g/mol. The first-order valence-electron chi connectivity index (χ1n) is 7.90. The van der Waals surface area contributed by atoms with Crippen molar-refractivity contribution in [3.8, 4) is 5.75 Å². The smallest absolute Gasteiger partial charge is 0.303 e. The molecule has 0 bridgehead atoms. The molecule has 0 unspecified atom stereocenters. The summed E-state index contributed by atoms with van der Waals surface area (Å²) >= 11 is 0. The zero-order valence-corrected chi connectivity index (χ0v) is 13.1. The second-order valence-electron chi connectivity index (χ2n) is 5.64. The van der Waals surface area contributed by atoms with Crippen LogP contribution in [0.25, 0.3) is 0 Å². The van der Waals surface area contributed by atoms with Gasteiger partial charge in [0.05, 0.1) is 6.61 Å². The van der Waals surface area contributed by atoms with Gasteiger partial charge in [0.2, 0.25) is 5.91 Å². The summed E-state index contributed by atoms with van der Waals surface area (Å²) in [5, 5.41) is 8.78. The van der Waals surface area contributed by atoms with Crippen LogP contribution in [0.3, 0.4) is 0 Å². The molecular formula is C17H23NO5. The van der Waals surface area contributed by atoms with E-state index in [2.05, 4.69) is 0 Å². The maximum atomic E-state index is 12.0. The SMILES string of the molecule is O=C(O)CC1CCN(C(=O)COCCOc2ccccc2)CC1. The Kier molecular flexibility index (Phi) is 6.87. The normalized spacial score (nSPS) is 15.4. The second-order valence-corrected chi connectivity index (χ2v) is 5.64. The summed E-state index contributed by atoms with van der Waals surface area (Å²) in [6, 6.07) is 9.45. The van der Waals surface area contributed by atoms with Gasteiger partial charge >= 0.3 is 5.97 Å². The van der Waals surface area contributed by atoms with Crippen LogP contribution in [0, 0.1) is 5.92 Å². The maximum absolute atomic E-state index is 12.0. The third-order valence-corrected chi connectivity index (χ3v) is 3.90. The Labute approximate surface area is 136 Å². The number of benzene rings is 1. The quantitative estimate of drug-likeness (QED) is 0.739. The zero-order chi connectivity index (χ0) is 16.5. The highest BCUT2D eigenvalue weighted by atomic mass is 16.5. The molecule has 1 saturated heterocycles. The van der Waals surface area contributed by atoms with E-state index in [0.29, 0.717) is 26.3 Å². The number of hydrogen-bond donors (Lipinski definition) is 1. The standard InChI is InChI=1S/C17H23NO5/c19-16(18-8-6-14(7-9-18)12-17(20)21)13-22-10-11-23-15-4-2-1-3-5-15/h1-5,14H,6-13H2,(H,20,21). The van der Waals surface area contributed by atoms with Gasteiger partial charge in [-0.25, -0.2) is 0 Å². The molecule has 1 aromatic carbocycles. The van der Waals surface area contributed by atoms with Gasteiger partial charge in [-0.15, -0.1) is 0 Å². The van der Waals surface area contributed by atoms with Gasteiger partial charge in [-0.3, -0.25) is 9.59 Å². The predicted octanol–water partition coefficient (Wildman–Crippen LogP) is 1.80. The van der Waals surface area contributed by atoms with Crippen molar-refractivity contribution >= 4 is 11.9 Å². The Balaban J connectivity index is 1.56. The molecule has 126 valence electrons. The van der Waals surface area contributed by atoms with Crippen molar-refractivity contribution in [3.05, 3.63) is 30.3 Å². The summed E-state index contributed by atoms with van der Waals surface area (Å²) in [7, 11) is 0. The molecule has 0 radical (unpaired) electrons. The van der Waals surface area contributed by atoms with Gasteiger partial charge in [0.1, 0.15) is 19.0 Å². The Morgan fingerprint density at radius 1 is 1.13 bits per heavy atom. The molecule has 1 aromatic rings. The number of rotatable bonds is 8. The third kappa shape index (κ3) is 6.28. The summed E-state index contributed by atoms with van der Waals surface area (Å²) in [5.41, 5.74) is 0. The molecule has 1 aliphatic rings. The number of carboxylic acids is 1. The number of para-hydroxylation sites is 1. The van der Waals surface area contributed by atoms with Crippen molar-refractivity contribution in [3.63, 3.8) is 0 Å².